The van der Waals surface area contributed by atoms with Gasteiger partial charge in [-0.1, -0.05) is 11.2 Å². The molecule has 2 heterocycles. The smallest absolute Gasteiger partial charge is 0.248 e. The van der Waals surface area contributed by atoms with E-state index in [9.17, 15) is 9.59 Å². The number of nitrogens with zero attached hydrogens (tertiary/aromatic N) is 2. The van der Waals surface area contributed by atoms with E-state index in [0.717, 1.165) is 22.6 Å². The first kappa shape index (κ1) is 18.0. The Kier molecular flexibility index (Phi) is 5.27. The second-order valence-corrected chi connectivity index (χ2v) is 6.31. The number of allylic oxidation sites excluding steroid dienone is 3. The van der Waals surface area contributed by atoms with Gasteiger partial charge in [-0.25, -0.2) is 4.99 Å². The van der Waals surface area contributed by atoms with Gasteiger partial charge >= 0.3 is 0 Å². The lowest BCUT2D eigenvalue weighted by Crippen LogP contribution is -2.34. The quantitative estimate of drug-likeness (QED) is 0.871. The van der Waals surface area contributed by atoms with Crippen LogP contribution in [-0.2, 0) is 20.7 Å². The molecule has 2 amide bonds. The molecule has 136 valence electrons. The fraction of sp³-hybridized carbons (Fsp3) is 0.368. The predicted molar refractivity (Wildman–Crippen MR) is 95.6 cm³/mol. The number of nitrogens with one attached hydrogen (secondary N) is 1. The Labute approximate surface area is 151 Å². The average molecular weight is 355 g/mol. The molecule has 0 spiro atoms. The summed E-state index contributed by atoms with van der Waals surface area (Å²) in [6, 6.07) is 0. The maximum atomic E-state index is 12.2. The second-order valence-electron chi connectivity index (χ2n) is 6.31. The van der Waals surface area contributed by atoms with Crippen LogP contribution in [0.5, 0.6) is 0 Å². The lowest BCUT2D eigenvalue weighted by atomic mass is 9.88. The third-order valence-electron chi connectivity index (χ3n) is 4.42. The SMILES string of the molecule is COCC1=CC(=O)NC2=CC(=NC(=O)CCc3c(C)noc3C)C=CC12. The molecule has 0 bridgehead atoms. The summed E-state index contributed by atoms with van der Waals surface area (Å²) < 4.78 is 10.3. The molecule has 1 atom stereocenters. The highest BCUT2D eigenvalue weighted by Gasteiger charge is 2.26. The fourth-order valence-corrected chi connectivity index (χ4v) is 3.13. The predicted octanol–water partition coefficient (Wildman–Crippen LogP) is 1.96. The van der Waals surface area contributed by atoms with Crippen LogP contribution in [0.25, 0.3) is 0 Å². The van der Waals surface area contributed by atoms with Crippen LogP contribution in [0.4, 0.5) is 0 Å². The van der Waals surface area contributed by atoms with Gasteiger partial charge in [-0.3, -0.25) is 9.59 Å². The van der Waals surface area contributed by atoms with Crippen molar-refractivity contribution in [1.82, 2.24) is 10.5 Å². The van der Waals surface area contributed by atoms with Crippen LogP contribution < -0.4 is 5.32 Å². The highest BCUT2D eigenvalue weighted by Crippen LogP contribution is 2.27. The Morgan fingerprint density at radius 2 is 2.19 bits per heavy atom. The summed E-state index contributed by atoms with van der Waals surface area (Å²) in [5.74, 6) is 0.255. The average Bonchev–Trinajstić information content (AvgIpc) is 2.91. The van der Waals surface area contributed by atoms with Crippen molar-refractivity contribution in [1.29, 1.82) is 0 Å². The number of amides is 2. The third-order valence-corrected chi connectivity index (χ3v) is 4.42. The Morgan fingerprint density at radius 1 is 1.38 bits per heavy atom. The van der Waals surface area contributed by atoms with Gasteiger partial charge in [0.25, 0.3) is 0 Å². The zero-order valence-electron chi connectivity index (χ0n) is 15.0. The van der Waals surface area contributed by atoms with Crippen molar-refractivity contribution in [3.05, 3.63) is 52.6 Å². The highest BCUT2D eigenvalue weighted by atomic mass is 16.5. The van der Waals surface area contributed by atoms with E-state index in [1.54, 1.807) is 25.3 Å². The number of aromatic nitrogens is 1. The van der Waals surface area contributed by atoms with Gasteiger partial charge in [-0.15, -0.1) is 0 Å². The number of ether oxygens (including phenoxy) is 1. The summed E-state index contributed by atoms with van der Waals surface area (Å²) in [5, 5.41) is 6.69. The van der Waals surface area contributed by atoms with Crippen LogP contribution in [0, 0.1) is 19.8 Å². The van der Waals surface area contributed by atoms with E-state index in [1.807, 2.05) is 19.9 Å². The molecule has 1 N–H and O–H groups in total. The summed E-state index contributed by atoms with van der Waals surface area (Å²) in [4.78, 5) is 28.1. The number of hydrogen-bond acceptors (Lipinski definition) is 5. The molecule has 7 nitrogen and oxygen atoms in total. The van der Waals surface area contributed by atoms with Crippen LogP contribution in [0.15, 0.2) is 45.1 Å². The summed E-state index contributed by atoms with van der Waals surface area (Å²) >= 11 is 0. The molecule has 1 aromatic rings. The lowest BCUT2D eigenvalue weighted by molar-refractivity contribution is -0.118. The first-order chi connectivity index (χ1) is 12.5. The van der Waals surface area contributed by atoms with E-state index in [4.69, 9.17) is 9.26 Å². The van der Waals surface area contributed by atoms with Crippen LogP contribution in [-0.4, -0.2) is 36.4 Å². The van der Waals surface area contributed by atoms with Gasteiger partial charge in [0.2, 0.25) is 11.8 Å². The molecule has 0 aromatic carbocycles. The Bertz CT molecular complexity index is 839. The molecule has 0 saturated heterocycles. The molecule has 7 heteroatoms. The van der Waals surface area contributed by atoms with E-state index in [1.165, 1.54) is 0 Å². The van der Waals surface area contributed by atoms with Crippen LogP contribution >= 0.6 is 0 Å². The van der Waals surface area contributed by atoms with Gasteiger partial charge in [0.15, 0.2) is 0 Å². The molecule has 1 aliphatic carbocycles. The number of fused-ring (bicyclic) bond motifs is 1. The first-order valence-electron chi connectivity index (χ1n) is 8.41. The molecule has 1 unspecified atom stereocenters. The number of hydrogen-bond donors (Lipinski definition) is 1. The fourth-order valence-electron chi connectivity index (χ4n) is 3.13. The minimum atomic E-state index is -0.227. The van der Waals surface area contributed by atoms with Crippen molar-refractivity contribution in [3.63, 3.8) is 0 Å². The first-order valence-corrected chi connectivity index (χ1v) is 8.41. The second kappa shape index (κ2) is 7.61. The number of aryl methyl sites for hydroxylation is 2. The number of carbonyl (C=O) groups excluding carboxylic acids is 2. The Hall–Kier alpha value is -2.80. The lowest BCUT2D eigenvalue weighted by Gasteiger charge is -2.27. The molecule has 3 rings (SSSR count). The molecule has 2 aliphatic rings. The van der Waals surface area contributed by atoms with E-state index in [-0.39, 0.29) is 24.2 Å². The number of methoxy groups -OCH3 is 1. The van der Waals surface area contributed by atoms with Crippen molar-refractivity contribution in [3.8, 4) is 0 Å². The van der Waals surface area contributed by atoms with Gasteiger partial charge in [0.1, 0.15) is 5.76 Å². The normalized spacial score (nSPS) is 20.5. The van der Waals surface area contributed by atoms with Gasteiger partial charge in [0, 0.05) is 36.8 Å². The summed E-state index contributed by atoms with van der Waals surface area (Å²) in [6.07, 6.45) is 7.81. The maximum absolute atomic E-state index is 12.2. The topological polar surface area (TPSA) is 93.8 Å². The van der Waals surface area contributed by atoms with Gasteiger partial charge in [0.05, 0.1) is 18.0 Å². The molecule has 0 radical (unpaired) electrons. The number of carbonyl (C=O) groups is 2. The minimum Gasteiger partial charge on any atom is -0.380 e. The zero-order valence-corrected chi connectivity index (χ0v) is 15.0. The monoisotopic (exact) mass is 355 g/mol. The highest BCUT2D eigenvalue weighted by molar-refractivity contribution is 6.11. The molecule has 0 saturated carbocycles. The molecule has 1 aliphatic heterocycles. The maximum Gasteiger partial charge on any atom is 0.248 e. The van der Waals surface area contributed by atoms with Crippen molar-refractivity contribution in [2.24, 2.45) is 10.9 Å². The number of rotatable bonds is 5. The molecular weight excluding hydrogens is 334 g/mol. The van der Waals surface area contributed by atoms with Crippen molar-refractivity contribution in [2.45, 2.75) is 26.7 Å². The summed E-state index contributed by atoms with van der Waals surface area (Å²) in [6.45, 7) is 4.06. The Balaban J connectivity index is 1.69. The van der Waals surface area contributed by atoms with Gasteiger partial charge < -0.3 is 14.6 Å². The molecule has 0 fully saturated rings. The third kappa shape index (κ3) is 3.88. The largest absolute Gasteiger partial charge is 0.380 e. The summed E-state index contributed by atoms with van der Waals surface area (Å²) in [5.41, 5.74) is 3.86. The van der Waals surface area contributed by atoms with E-state index < -0.39 is 0 Å². The zero-order chi connectivity index (χ0) is 18.7. The molecular formula is C19H21N3O4. The summed E-state index contributed by atoms with van der Waals surface area (Å²) in [7, 11) is 1.59. The van der Waals surface area contributed by atoms with E-state index >= 15 is 0 Å². The number of aliphatic imine (C=N–C) groups is 1. The van der Waals surface area contributed by atoms with Crippen molar-refractivity contribution >= 4 is 17.5 Å². The van der Waals surface area contributed by atoms with Crippen molar-refractivity contribution < 1.29 is 18.8 Å². The van der Waals surface area contributed by atoms with Crippen LogP contribution in [0.2, 0.25) is 0 Å². The molecule has 26 heavy (non-hydrogen) atoms. The van der Waals surface area contributed by atoms with Crippen LogP contribution in [0.3, 0.4) is 0 Å². The standard InChI is InChI=1S/C19H21N3O4/c1-11-15(12(2)26-22-11)6-7-18(23)20-14-4-5-16-13(10-25-3)8-19(24)21-17(16)9-14/h4-5,8-9,16H,6-7,10H2,1-3H3,(H,21,24). The molecule has 1 aromatic heterocycles. The van der Waals surface area contributed by atoms with Crippen LogP contribution in [0.1, 0.15) is 23.4 Å². The van der Waals surface area contributed by atoms with Crippen molar-refractivity contribution in [2.75, 3.05) is 13.7 Å². The minimum absolute atomic E-state index is 0.0518. The van der Waals surface area contributed by atoms with E-state index in [0.29, 0.717) is 24.4 Å². The van der Waals surface area contributed by atoms with Gasteiger partial charge in [-0.2, -0.15) is 0 Å². The Morgan fingerprint density at radius 3 is 2.88 bits per heavy atom. The van der Waals surface area contributed by atoms with E-state index in [2.05, 4.69) is 15.5 Å². The van der Waals surface area contributed by atoms with Gasteiger partial charge in [-0.05, 0) is 38.0 Å².